The Kier molecular flexibility index (Phi) is 14.7. The maximum atomic E-state index is 8.60. The Bertz CT molecular complexity index is 109. The van der Waals surface area contributed by atoms with Gasteiger partial charge in [-0.15, -0.1) is 0 Å². The summed E-state index contributed by atoms with van der Waals surface area (Å²) in [6.07, 6.45) is 4.55. The second-order valence-electron chi connectivity index (χ2n) is 3.99. The van der Waals surface area contributed by atoms with Crippen molar-refractivity contribution in [1.82, 2.24) is 16.0 Å². The lowest BCUT2D eigenvalue weighted by atomic mass is 10.2. The molecule has 0 saturated carbocycles. The van der Waals surface area contributed by atoms with Crippen LogP contribution in [0, 0.1) is 0 Å². The van der Waals surface area contributed by atoms with Crippen molar-refractivity contribution in [1.29, 1.82) is 0 Å². The molecule has 16 heavy (non-hydrogen) atoms. The fraction of sp³-hybridized carbons (Fsp3) is 1.00. The van der Waals surface area contributed by atoms with Crippen LogP contribution in [0.1, 0.15) is 32.6 Å². The summed E-state index contributed by atoms with van der Waals surface area (Å²) < 4.78 is 0. The third-order valence-electron chi connectivity index (χ3n) is 2.47. The number of aliphatic hydroxyl groups is 1. The monoisotopic (exact) mass is 231 g/mol. The minimum atomic E-state index is 0.336. The summed E-state index contributed by atoms with van der Waals surface area (Å²) in [5.41, 5.74) is 0. The highest BCUT2D eigenvalue weighted by atomic mass is 16.2. The summed E-state index contributed by atoms with van der Waals surface area (Å²) in [5, 5.41) is 18.7. The van der Waals surface area contributed by atoms with Gasteiger partial charge < -0.3 is 21.1 Å². The maximum absolute atomic E-state index is 8.60. The number of rotatable bonds is 13. The molecule has 4 N–H and O–H groups in total. The van der Waals surface area contributed by atoms with E-state index < -0.39 is 0 Å². The second-order valence-corrected chi connectivity index (χ2v) is 3.99. The summed E-state index contributed by atoms with van der Waals surface area (Å²) in [7, 11) is 0. The molecule has 0 aromatic carbocycles. The molecule has 0 bridgehead atoms. The molecule has 0 unspecified atom stereocenters. The first-order chi connectivity index (χ1) is 7.91. The van der Waals surface area contributed by atoms with Crippen LogP contribution >= 0.6 is 0 Å². The SMILES string of the molecule is CCNCCNCCNCCCCCCO. The van der Waals surface area contributed by atoms with E-state index in [0.717, 1.165) is 52.1 Å². The number of hydrogen-bond donors (Lipinski definition) is 4. The van der Waals surface area contributed by atoms with E-state index in [2.05, 4.69) is 22.9 Å². The van der Waals surface area contributed by atoms with Crippen molar-refractivity contribution in [3.8, 4) is 0 Å². The van der Waals surface area contributed by atoms with Gasteiger partial charge in [-0.25, -0.2) is 0 Å². The molecule has 98 valence electrons. The van der Waals surface area contributed by atoms with Crippen LogP contribution in [0.3, 0.4) is 0 Å². The van der Waals surface area contributed by atoms with E-state index in [0.29, 0.717) is 6.61 Å². The van der Waals surface area contributed by atoms with Gasteiger partial charge in [-0.2, -0.15) is 0 Å². The van der Waals surface area contributed by atoms with Crippen molar-refractivity contribution in [2.75, 3.05) is 45.9 Å². The smallest absolute Gasteiger partial charge is 0.0431 e. The molecule has 4 heteroatoms. The average Bonchev–Trinajstić information content (AvgIpc) is 2.31. The highest BCUT2D eigenvalue weighted by Gasteiger charge is 1.90. The molecule has 0 atom stereocenters. The van der Waals surface area contributed by atoms with E-state index in [9.17, 15) is 0 Å². The molecule has 0 saturated heterocycles. The summed E-state index contributed by atoms with van der Waals surface area (Å²) in [4.78, 5) is 0. The third kappa shape index (κ3) is 13.8. The molecule has 0 aliphatic carbocycles. The summed E-state index contributed by atoms with van der Waals surface area (Å²) >= 11 is 0. The first kappa shape index (κ1) is 15.8. The van der Waals surface area contributed by atoms with Crippen molar-refractivity contribution < 1.29 is 5.11 Å². The van der Waals surface area contributed by atoms with Crippen molar-refractivity contribution >= 4 is 0 Å². The van der Waals surface area contributed by atoms with Gasteiger partial charge in [0.05, 0.1) is 0 Å². The minimum absolute atomic E-state index is 0.336. The van der Waals surface area contributed by atoms with Gasteiger partial charge in [0.15, 0.2) is 0 Å². The molecule has 0 fully saturated rings. The molecule has 0 aliphatic rings. The molecule has 0 radical (unpaired) electrons. The zero-order valence-electron chi connectivity index (χ0n) is 10.7. The molecule has 0 aromatic rings. The Labute approximate surface area is 100 Å². The van der Waals surface area contributed by atoms with Gasteiger partial charge in [-0.3, -0.25) is 0 Å². The zero-order valence-corrected chi connectivity index (χ0v) is 10.7. The topological polar surface area (TPSA) is 56.3 Å². The fourth-order valence-corrected chi connectivity index (χ4v) is 1.50. The first-order valence-corrected chi connectivity index (χ1v) is 6.64. The number of nitrogens with one attached hydrogen (secondary N) is 3. The third-order valence-corrected chi connectivity index (χ3v) is 2.47. The van der Waals surface area contributed by atoms with Crippen LogP contribution in [-0.4, -0.2) is 51.0 Å². The molecular formula is C12H29N3O. The lowest BCUT2D eigenvalue weighted by molar-refractivity contribution is 0.282. The number of unbranched alkanes of at least 4 members (excludes halogenated alkanes) is 3. The van der Waals surface area contributed by atoms with Gasteiger partial charge in [0.2, 0.25) is 0 Å². The van der Waals surface area contributed by atoms with Gasteiger partial charge in [0, 0.05) is 32.8 Å². The van der Waals surface area contributed by atoms with Crippen LogP contribution < -0.4 is 16.0 Å². The van der Waals surface area contributed by atoms with E-state index in [4.69, 9.17) is 5.11 Å². The van der Waals surface area contributed by atoms with Crippen molar-refractivity contribution in [3.63, 3.8) is 0 Å². The van der Waals surface area contributed by atoms with E-state index in [1.54, 1.807) is 0 Å². The Morgan fingerprint density at radius 2 is 1.25 bits per heavy atom. The van der Waals surface area contributed by atoms with E-state index in [-0.39, 0.29) is 0 Å². The van der Waals surface area contributed by atoms with Crippen LogP contribution in [0.15, 0.2) is 0 Å². The fourth-order valence-electron chi connectivity index (χ4n) is 1.50. The van der Waals surface area contributed by atoms with Gasteiger partial charge >= 0.3 is 0 Å². The van der Waals surface area contributed by atoms with Crippen LogP contribution in [-0.2, 0) is 0 Å². The first-order valence-electron chi connectivity index (χ1n) is 6.64. The molecule has 0 rings (SSSR count). The lowest BCUT2D eigenvalue weighted by Crippen LogP contribution is -2.32. The van der Waals surface area contributed by atoms with Crippen molar-refractivity contribution in [2.24, 2.45) is 0 Å². The van der Waals surface area contributed by atoms with Gasteiger partial charge in [0.25, 0.3) is 0 Å². The van der Waals surface area contributed by atoms with Gasteiger partial charge in [-0.05, 0) is 25.9 Å². The molecule has 0 aromatic heterocycles. The van der Waals surface area contributed by atoms with Crippen molar-refractivity contribution in [2.45, 2.75) is 32.6 Å². The van der Waals surface area contributed by atoms with Gasteiger partial charge in [0.1, 0.15) is 0 Å². The molecule has 0 spiro atoms. The van der Waals surface area contributed by atoms with Crippen LogP contribution in [0.4, 0.5) is 0 Å². The zero-order chi connectivity index (χ0) is 11.9. The quantitative estimate of drug-likeness (QED) is 0.345. The van der Waals surface area contributed by atoms with E-state index in [1.807, 2.05) is 0 Å². The van der Waals surface area contributed by atoms with Crippen LogP contribution in [0.5, 0.6) is 0 Å². The summed E-state index contributed by atoms with van der Waals surface area (Å²) in [6.45, 7) is 8.80. The summed E-state index contributed by atoms with van der Waals surface area (Å²) in [5.74, 6) is 0. The Morgan fingerprint density at radius 3 is 1.88 bits per heavy atom. The lowest BCUT2D eigenvalue weighted by Gasteiger charge is -2.06. The predicted octanol–water partition coefficient (Wildman–Crippen LogP) is 0.328. The number of hydrogen-bond acceptors (Lipinski definition) is 4. The highest BCUT2D eigenvalue weighted by Crippen LogP contribution is 1.96. The van der Waals surface area contributed by atoms with Crippen LogP contribution in [0.2, 0.25) is 0 Å². The Balaban J connectivity index is 2.83. The molecule has 4 nitrogen and oxygen atoms in total. The van der Waals surface area contributed by atoms with E-state index >= 15 is 0 Å². The highest BCUT2D eigenvalue weighted by molar-refractivity contribution is 4.54. The summed E-state index contributed by atoms with van der Waals surface area (Å²) in [6, 6.07) is 0. The molecule has 0 aliphatic heterocycles. The largest absolute Gasteiger partial charge is 0.396 e. The number of aliphatic hydroxyl groups excluding tert-OH is 1. The van der Waals surface area contributed by atoms with Crippen LogP contribution in [0.25, 0.3) is 0 Å². The standard InChI is InChI=1S/C12H29N3O/c1-2-13-8-9-15-11-10-14-7-5-3-4-6-12-16/h13-16H,2-12H2,1H3. The maximum Gasteiger partial charge on any atom is 0.0431 e. The number of likely N-dealkylation sites (N-methyl/N-ethyl adjacent to an activating group) is 1. The predicted molar refractivity (Wildman–Crippen MR) is 69.8 cm³/mol. The average molecular weight is 231 g/mol. The van der Waals surface area contributed by atoms with Gasteiger partial charge in [-0.1, -0.05) is 19.8 Å². The molecule has 0 heterocycles. The normalized spacial score (nSPS) is 10.9. The Morgan fingerprint density at radius 1 is 0.688 bits per heavy atom. The Hall–Kier alpha value is -0.160. The van der Waals surface area contributed by atoms with E-state index in [1.165, 1.54) is 12.8 Å². The molecule has 0 amide bonds. The van der Waals surface area contributed by atoms with Crippen molar-refractivity contribution in [3.05, 3.63) is 0 Å². The second kappa shape index (κ2) is 14.8. The molecular weight excluding hydrogens is 202 g/mol. The minimum Gasteiger partial charge on any atom is -0.396 e.